The molecule has 1 N–H and O–H groups in total. The predicted octanol–water partition coefficient (Wildman–Crippen LogP) is 2.55. The van der Waals surface area contributed by atoms with Gasteiger partial charge in [-0.3, -0.25) is 4.90 Å². The molecular weight excluding hydrogens is 240 g/mol. The highest BCUT2D eigenvalue weighted by molar-refractivity contribution is 5.17. The Labute approximate surface area is 115 Å². The van der Waals surface area contributed by atoms with E-state index in [1.165, 1.54) is 25.9 Å². The Morgan fingerprint density at radius 2 is 2.00 bits per heavy atom. The van der Waals surface area contributed by atoms with Crippen LogP contribution in [0.15, 0.2) is 4.42 Å². The number of hydrogen-bond donors (Lipinski definition) is 1. The lowest BCUT2D eigenvalue weighted by atomic mass is 10.0. The lowest BCUT2D eigenvalue weighted by Crippen LogP contribution is -2.41. The van der Waals surface area contributed by atoms with Crippen LogP contribution in [-0.4, -0.2) is 40.8 Å². The molecule has 108 valence electrons. The van der Waals surface area contributed by atoms with E-state index in [1.807, 2.05) is 0 Å². The predicted molar refractivity (Wildman–Crippen MR) is 76.2 cm³/mol. The maximum atomic E-state index is 5.56. The molecule has 0 unspecified atom stereocenters. The van der Waals surface area contributed by atoms with Gasteiger partial charge in [0, 0.05) is 19.0 Å². The van der Waals surface area contributed by atoms with Crippen molar-refractivity contribution in [3.8, 4) is 0 Å². The van der Waals surface area contributed by atoms with Crippen LogP contribution in [0.2, 0.25) is 0 Å². The van der Waals surface area contributed by atoms with Crippen molar-refractivity contribution in [2.75, 3.05) is 25.0 Å². The van der Waals surface area contributed by atoms with Crippen molar-refractivity contribution < 1.29 is 4.42 Å². The van der Waals surface area contributed by atoms with Crippen molar-refractivity contribution in [3.63, 3.8) is 0 Å². The Morgan fingerprint density at radius 1 is 1.26 bits per heavy atom. The third-order valence-electron chi connectivity index (χ3n) is 3.77. The average molecular weight is 266 g/mol. The number of aromatic nitrogens is 2. The minimum Gasteiger partial charge on any atom is -0.408 e. The van der Waals surface area contributed by atoms with Crippen molar-refractivity contribution >= 4 is 6.01 Å². The van der Waals surface area contributed by atoms with Gasteiger partial charge in [-0.05, 0) is 38.3 Å². The molecule has 0 aromatic carbocycles. The lowest BCUT2D eigenvalue weighted by Gasteiger charge is -2.30. The average Bonchev–Trinajstić information content (AvgIpc) is 3.01. The molecule has 1 aromatic rings. The highest BCUT2D eigenvalue weighted by Gasteiger charge is 2.24. The highest BCUT2D eigenvalue weighted by Crippen LogP contribution is 2.18. The summed E-state index contributed by atoms with van der Waals surface area (Å²) in [5.41, 5.74) is 0. The van der Waals surface area contributed by atoms with Crippen LogP contribution in [-0.2, 0) is 6.42 Å². The van der Waals surface area contributed by atoms with Crippen LogP contribution in [0, 0.1) is 5.92 Å². The summed E-state index contributed by atoms with van der Waals surface area (Å²) >= 11 is 0. The molecule has 1 aromatic heterocycles. The zero-order valence-electron chi connectivity index (χ0n) is 12.4. The summed E-state index contributed by atoms with van der Waals surface area (Å²) in [5, 5.41) is 11.4. The van der Waals surface area contributed by atoms with Gasteiger partial charge in [0.1, 0.15) is 0 Å². The summed E-state index contributed by atoms with van der Waals surface area (Å²) in [6, 6.07) is 1.11. The fraction of sp³-hybridized carbons (Fsp3) is 0.857. The molecule has 5 nitrogen and oxygen atoms in total. The SMILES string of the molecule is CCCc1nnc(NC[C@@H](C(C)C)N2CCCC2)o1. The van der Waals surface area contributed by atoms with E-state index >= 15 is 0 Å². The van der Waals surface area contributed by atoms with Gasteiger partial charge in [-0.1, -0.05) is 25.9 Å². The number of rotatable bonds is 7. The molecule has 5 heteroatoms. The largest absolute Gasteiger partial charge is 0.408 e. The molecule has 0 aliphatic carbocycles. The van der Waals surface area contributed by atoms with E-state index in [2.05, 4.69) is 41.2 Å². The molecule has 0 spiro atoms. The van der Waals surface area contributed by atoms with Crippen LogP contribution in [0.4, 0.5) is 6.01 Å². The van der Waals surface area contributed by atoms with E-state index in [9.17, 15) is 0 Å². The number of aryl methyl sites for hydroxylation is 1. The fourth-order valence-corrected chi connectivity index (χ4v) is 2.69. The van der Waals surface area contributed by atoms with E-state index < -0.39 is 0 Å². The number of nitrogens with zero attached hydrogens (tertiary/aromatic N) is 3. The molecule has 0 radical (unpaired) electrons. The van der Waals surface area contributed by atoms with Gasteiger partial charge in [0.15, 0.2) is 0 Å². The minimum absolute atomic E-state index is 0.545. The normalized spacial score (nSPS) is 18.1. The van der Waals surface area contributed by atoms with Crippen molar-refractivity contribution in [1.82, 2.24) is 15.1 Å². The van der Waals surface area contributed by atoms with E-state index in [-0.39, 0.29) is 0 Å². The molecular formula is C14H26N4O. The number of anilines is 1. The highest BCUT2D eigenvalue weighted by atomic mass is 16.4. The van der Waals surface area contributed by atoms with Gasteiger partial charge in [-0.25, -0.2) is 0 Å². The van der Waals surface area contributed by atoms with E-state index in [0.29, 0.717) is 18.0 Å². The molecule has 1 atom stereocenters. The van der Waals surface area contributed by atoms with Gasteiger partial charge >= 0.3 is 6.01 Å². The smallest absolute Gasteiger partial charge is 0.315 e. The zero-order chi connectivity index (χ0) is 13.7. The molecule has 1 aliphatic heterocycles. The Hall–Kier alpha value is -1.10. The Bertz CT molecular complexity index is 371. The quantitative estimate of drug-likeness (QED) is 0.822. The van der Waals surface area contributed by atoms with Crippen LogP contribution in [0.5, 0.6) is 0 Å². The van der Waals surface area contributed by atoms with Gasteiger partial charge in [-0.15, -0.1) is 5.10 Å². The first kappa shape index (κ1) is 14.3. The summed E-state index contributed by atoms with van der Waals surface area (Å²) in [6.07, 6.45) is 4.54. The second-order valence-corrected chi connectivity index (χ2v) is 5.69. The molecule has 2 heterocycles. The van der Waals surface area contributed by atoms with Gasteiger partial charge in [-0.2, -0.15) is 0 Å². The first-order chi connectivity index (χ1) is 9.20. The van der Waals surface area contributed by atoms with E-state index in [4.69, 9.17) is 4.42 Å². The summed E-state index contributed by atoms with van der Waals surface area (Å²) in [7, 11) is 0. The van der Waals surface area contributed by atoms with Crippen LogP contribution in [0.1, 0.15) is 45.9 Å². The second-order valence-electron chi connectivity index (χ2n) is 5.69. The van der Waals surface area contributed by atoms with Crippen LogP contribution >= 0.6 is 0 Å². The monoisotopic (exact) mass is 266 g/mol. The maximum Gasteiger partial charge on any atom is 0.315 e. The fourth-order valence-electron chi connectivity index (χ4n) is 2.69. The summed E-state index contributed by atoms with van der Waals surface area (Å²) in [4.78, 5) is 2.57. The Morgan fingerprint density at radius 3 is 2.63 bits per heavy atom. The number of nitrogens with one attached hydrogen (secondary N) is 1. The standard InChI is InChI=1S/C14H26N4O/c1-4-7-13-16-17-14(19-13)15-10-12(11(2)3)18-8-5-6-9-18/h11-12H,4-10H2,1-3H3,(H,15,17)/t12-/m0/s1. The molecule has 1 fully saturated rings. The topological polar surface area (TPSA) is 54.2 Å². The first-order valence-electron chi connectivity index (χ1n) is 7.51. The van der Waals surface area contributed by atoms with Crippen LogP contribution in [0.25, 0.3) is 0 Å². The van der Waals surface area contributed by atoms with E-state index in [0.717, 1.165) is 25.3 Å². The molecule has 19 heavy (non-hydrogen) atoms. The van der Waals surface area contributed by atoms with Crippen molar-refractivity contribution in [2.24, 2.45) is 5.92 Å². The molecule has 2 rings (SSSR count). The van der Waals surface area contributed by atoms with Crippen molar-refractivity contribution in [2.45, 2.75) is 52.5 Å². The van der Waals surface area contributed by atoms with Gasteiger partial charge in [0.25, 0.3) is 0 Å². The number of hydrogen-bond acceptors (Lipinski definition) is 5. The van der Waals surface area contributed by atoms with E-state index in [1.54, 1.807) is 0 Å². The molecule has 1 aliphatic rings. The molecule has 0 bridgehead atoms. The van der Waals surface area contributed by atoms with Gasteiger partial charge < -0.3 is 9.73 Å². The zero-order valence-corrected chi connectivity index (χ0v) is 12.4. The van der Waals surface area contributed by atoms with Gasteiger partial charge in [0.05, 0.1) is 0 Å². The minimum atomic E-state index is 0.545. The second kappa shape index (κ2) is 6.89. The summed E-state index contributed by atoms with van der Waals surface area (Å²) in [5.74, 6) is 1.36. The molecule has 0 saturated carbocycles. The van der Waals surface area contributed by atoms with Gasteiger partial charge in [0.2, 0.25) is 5.89 Å². The first-order valence-corrected chi connectivity index (χ1v) is 7.51. The third-order valence-corrected chi connectivity index (χ3v) is 3.77. The van der Waals surface area contributed by atoms with Crippen molar-refractivity contribution in [3.05, 3.63) is 5.89 Å². The Balaban J connectivity index is 1.86. The van der Waals surface area contributed by atoms with Crippen LogP contribution in [0.3, 0.4) is 0 Å². The van der Waals surface area contributed by atoms with Crippen molar-refractivity contribution in [1.29, 1.82) is 0 Å². The number of likely N-dealkylation sites (tertiary alicyclic amines) is 1. The summed E-state index contributed by atoms with van der Waals surface area (Å²) in [6.45, 7) is 9.98. The summed E-state index contributed by atoms with van der Waals surface area (Å²) < 4.78 is 5.56. The lowest BCUT2D eigenvalue weighted by molar-refractivity contribution is 0.200. The molecule has 1 saturated heterocycles. The maximum absolute atomic E-state index is 5.56. The molecule has 0 amide bonds. The third kappa shape index (κ3) is 3.93. The van der Waals surface area contributed by atoms with Crippen LogP contribution < -0.4 is 5.32 Å². The Kier molecular flexibility index (Phi) is 5.19.